The maximum Gasteiger partial charge on any atom is 0.416 e. The predicted molar refractivity (Wildman–Crippen MR) is 60.3 cm³/mol. The molecule has 1 rings (SSSR count). The van der Waals surface area contributed by atoms with E-state index in [0.717, 1.165) is 0 Å². The number of nitrogens with one attached hydrogen (secondary N) is 1. The van der Waals surface area contributed by atoms with Crippen molar-refractivity contribution < 1.29 is 23.1 Å². The van der Waals surface area contributed by atoms with E-state index in [1.54, 1.807) is 0 Å². The fourth-order valence-corrected chi connectivity index (χ4v) is 1.34. The number of amides is 1. The van der Waals surface area contributed by atoms with Crippen LogP contribution >= 0.6 is 11.6 Å². The summed E-state index contributed by atoms with van der Waals surface area (Å²) in [4.78, 5) is 11.5. The van der Waals surface area contributed by atoms with Crippen LogP contribution in [-0.4, -0.2) is 29.8 Å². The molecule has 0 saturated carbocycles. The topological polar surface area (TPSA) is 75.4 Å². The molecule has 18 heavy (non-hydrogen) atoms. The second-order valence-corrected chi connectivity index (χ2v) is 3.85. The molecule has 0 fully saturated rings. The first-order valence-corrected chi connectivity index (χ1v) is 5.18. The number of anilines is 1. The van der Waals surface area contributed by atoms with Crippen LogP contribution in [0.25, 0.3) is 0 Å². The smallest absolute Gasteiger partial charge is 0.398 e. The Hall–Kier alpha value is -1.47. The second-order valence-electron chi connectivity index (χ2n) is 3.48. The van der Waals surface area contributed by atoms with Gasteiger partial charge in [-0.25, -0.2) is 0 Å². The lowest BCUT2D eigenvalue weighted by atomic mass is 10.2. The van der Waals surface area contributed by atoms with Crippen molar-refractivity contribution in [2.24, 2.45) is 0 Å². The molecule has 0 bridgehead atoms. The Balaban J connectivity index is 2.70. The van der Waals surface area contributed by atoms with Gasteiger partial charge in [0.1, 0.15) is 0 Å². The molecule has 0 saturated heterocycles. The van der Waals surface area contributed by atoms with E-state index in [9.17, 15) is 18.0 Å². The predicted octanol–water partition coefficient (Wildman–Crippen LogP) is 1.58. The molecule has 0 aromatic heterocycles. The van der Waals surface area contributed by atoms with Gasteiger partial charge in [-0.2, -0.15) is 13.2 Å². The van der Waals surface area contributed by atoms with Crippen molar-refractivity contribution in [1.82, 2.24) is 5.32 Å². The van der Waals surface area contributed by atoms with Gasteiger partial charge in [0.25, 0.3) is 5.91 Å². The largest absolute Gasteiger partial charge is 0.416 e. The number of hydrogen-bond acceptors (Lipinski definition) is 3. The van der Waals surface area contributed by atoms with Crippen LogP contribution in [0.5, 0.6) is 0 Å². The van der Waals surface area contributed by atoms with Crippen molar-refractivity contribution in [3.8, 4) is 0 Å². The minimum Gasteiger partial charge on any atom is -0.398 e. The van der Waals surface area contributed by atoms with E-state index in [1.165, 1.54) is 18.2 Å². The Morgan fingerprint density at radius 2 is 2.11 bits per heavy atom. The zero-order valence-electron chi connectivity index (χ0n) is 8.96. The molecule has 1 unspecified atom stereocenters. The quantitative estimate of drug-likeness (QED) is 0.737. The van der Waals surface area contributed by atoms with Crippen LogP contribution in [0, 0.1) is 0 Å². The summed E-state index contributed by atoms with van der Waals surface area (Å²) in [5, 5.41) is 10.6. The lowest BCUT2D eigenvalue weighted by Crippen LogP contribution is -2.40. The number of carbonyl (C=O) groups excluding carboxylic acids is 1. The number of alkyl halides is 3. The fraction of sp³-hybridized carbons (Fsp3) is 0.300. The first-order valence-electron chi connectivity index (χ1n) is 4.80. The minimum absolute atomic E-state index is 0.0449. The lowest BCUT2D eigenvalue weighted by Gasteiger charge is -2.15. The van der Waals surface area contributed by atoms with Gasteiger partial charge in [-0.05, 0) is 12.1 Å². The van der Waals surface area contributed by atoms with Gasteiger partial charge >= 0.3 is 6.18 Å². The molecule has 0 heterocycles. The highest BCUT2D eigenvalue weighted by atomic mass is 35.5. The monoisotopic (exact) mass is 282 g/mol. The van der Waals surface area contributed by atoms with Crippen LogP contribution in [0.3, 0.4) is 0 Å². The average molecular weight is 283 g/mol. The van der Waals surface area contributed by atoms with Gasteiger partial charge in [0.05, 0.1) is 22.8 Å². The summed E-state index contributed by atoms with van der Waals surface area (Å²) in [6.45, 7) is -0.951. The van der Waals surface area contributed by atoms with Gasteiger partial charge < -0.3 is 16.2 Å². The number of aliphatic hydroxyl groups is 1. The van der Waals surface area contributed by atoms with Gasteiger partial charge in [0, 0.05) is 0 Å². The maximum absolute atomic E-state index is 12.0. The number of benzene rings is 1. The molecule has 0 radical (unpaired) electrons. The first-order chi connectivity index (χ1) is 8.23. The van der Waals surface area contributed by atoms with Crippen molar-refractivity contribution in [3.63, 3.8) is 0 Å². The number of aliphatic hydroxyl groups excluding tert-OH is 1. The summed E-state index contributed by atoms with van der Waals surface area (Å²) in [5.41, 5.74) is 5.53. The average Bonchev–Trinajstić information content (AvgIpc) is 2.27. The van der Waals surface area contributed by atoms with Crippen molar-refractivity contribution in [3.05, 3.63) is 28.8 Å². The molecule has 100 valence electrons. The van der Waals surface area contributed by atoms with Gasteiger partial charge in [-0.15, -0.1) is 0 Å². The van der Waals surface area contributed by atoms with E-state index in [4.69, 9.17) is 22.4 Å². The van der Waals surface area contributed by atoms with Gasteiger partial charge in [0.15, 0.2) is 6.10 Å². The molecule has 8 heteroatoms. The van der Waals surface area contributed by atoms with E-state index in [1.807, 2.05) is 5.32 Å². The van der Waals surface area contributed by atoms with E-state index in [0.29, 0.717) is 0 Å². The highest BCUT2D eigenvalue weighted by Gasteiger charge is 2.38. The molecule has 0 aliphatic rings. The third-order valence-corrected chi connectivity index (χ3v) is 2.53. The summed E-state index contributed by atoms with van der Waals surface area (Å²) in [6.07, 6.45) is -7.41. The summed E-state index contributed by atoms with van der Waals surface area (Å²) in [5.74, 6) is -0.837. The second kappa shape index (κ2) is 5.45. The molecule has 4 N–H and O–H groups in total. The van der Waals surface area contributed by atoms with Crippen molar-refractivity contribution in [2.45, 2.75) is 12.3 Å². The lowest BCUT2D eigenvalue weighted by molar-refractivity contribution is -0.201. The molecule has 4 nitrogen and oxygen atoms in total. The maximum atomic E-state index is 12.0. The summed E-state index contributed by atoms with van der Waals surface area (Å²) in [7, 11) is 0. The number of nitrogens with two attached hydrogens (primary N) is 1. The van der Waals surface area contributed by atoms with Crippen LogP contribution in [0.4, 0.5) is 18.9 Å². The molecule has 1 aromatic rings. The fourth-order valence-electron chi connectivity index (χ4n) is 1.13. The Morgan fingerprint density at radius 1 is 1.50 bits per heavy atom. The summed E-state index contributed by atoms with van der Waals surface area (Å²) < 4.78 is 36.0. The molecule has 0 spiro atoms. The molecule has 1 amide bonds. The number of rotatable bonds is 3. The van der Waals surface area contributed by atoms with E-state index < -0.39 is 24.7 Å². The molecular weight excluding hydrogens is 273 g/mol. The standard InChI is InChI=1S/C10H10ClF3N2O2/c11-8-5(2-1-3-6(8)15)9(18)16-4-7(17)10(12,13)14/h1-3,7,17H,4,15H2,(H,16,18). The first kappa shape index (κ1) is 14.6. The number of nitrogen functional groups attached to an aromatic ring is 1. The Bertz CT molecular complexity index is 451. The Kier molecular flexibility index (Phi) is 4.42. The van der Waals surface area contributed by atoms with E-state index in [2.05, 4.69) is 0 Å². The molecular formula is C10H10ClF3N2O2. The van der Waals surface area contributed by atoms with Crippen molar-refractivity contribution in [2.75, 3.05) is 12.3 Å². The third-order valence-electron chi connectivity index (χ3n) is 2.11. The van der Waals surface area contributed by atoms with E-state index >= 15 is 0 Å². The van der Waals surface area contributed by atoms with Crippen LogP contribution in [-0.2, 0) is 0 Å². The van der Waals surface area contributed by atoms with Gasteiger partial charge in [-0.1, -0.05) is 17.7 Å². The zero-order valence-corrected chi connectivity index (χ0v) is 9.72. The molecule has 1 aromatic carbocycles. The number of hydrogen-bond donors (Lipinski definition) is 3. The van der Waals surface area contributed by atoms with Crippen LogP contribution in [0.2, 0.25) is 5.02 Å². The SMILES string of the molecule is Nc1cccc(C(=O)NCC(O)C(F)(F)F)c1Cl. The van der Waals surface area contributed by atoms with Gasteiger partial charge in [0.2, 0.25) is 0 Å². The summed E-state index contributed by atoms with van der Waals surface area (Å²) in [6, 6.07) is 4.20. The number of carbonyl (C=O) groups is 1. The normalized spacial score (nSPS) is 13.2. The molecule has 0 aliphatic carbocycles. The van der Waals surface area contributed by atoms with Gasteiger partial charge in [-0.3, -0.25) is 4.79 Å². The molecule has 0 aliphatic heterocycles. The van der Waals surface area contributed by atoms with Crippen LogP contribution in [0.15, 0.2) is 18.2 Å². The summed E-state index contributed by atoms with van der Waals surface area (Å²) >= 11 is 5.72. The zero-order chi connectivity index (χ0) is 13.9. The molecule has 1 atom stereocenters. The van der Waals surface area contributed by atoms with E-state index in [-0.39, 0.29) is 16.3 Å². The Labute approximate surface area is 106 Å². The highest BCUT2D eigenvalue weighted by Crippen LogP contribution is 2.23. The third kappa shape index (κ3) is 3.51. The Morgan fingerprint density at radius 3 is 2.67 bits per heavy atom. The van der Waals surface area contributed by atoms with Crippen molar-refractivity contribution in [1.29, 1.82) is 0 Å². The van der Waals surface area contributed by atoms with Crippen LogP contribution in [0.1, 0.15) is 10.4 Å². The van der Waals surface area contributed by atoms with Crippen LogP contribution < -0.4 is 11.1 Å². The minimum atomic E-state index is -4.78. The number of halogens is 4. The van der Waals surface area contributed by atoms with Crippen molar-refractivity contribution >= 4 is 23.2 Å². The highest BCUT2D eigenvalue weighted by molar-refractivity contribution is 6.36.